The van der Waals surface area contributed by atoms with Gasteiger partial charge in [0.25, 0.3) is 0 Å². The van der Waals surface area contributed by atoms with Crippen LogP contribution in [0.5, 0.6) is 0 Å². The lowest BCUT2D eigenvalue weighted by Crippen LogP contribution is -2.12. The Bertz CT molecular complexity index is 362. The molecule has 0 saturated carbocycles. The van der Waals surface area contributed by atoms with Crippen LogP contribution in [0.2, 0.25) is 0 Å². The second-order valence-corrected chi connectivity index (χ2v) is 3.17. The van der Waals surface area contributed by atoms with E-state index in [2.05, 4.69) is 17.9 Å². The Morgan fingerprint density at radius 1 is 1.64 bits per heavy atom. The molecule has 0 aromatic carbocycles. The van der Waals surface area contributed by atoms with Crippen LogP contribution in [-0.2, 0) is 19.6 Å². The third-order valence-corrected chi connectivity index (χ3v) is 1.61. The molecule has 0 radical (unpaired) electrons. The van der Waals surface area contributed by atoms with E-state index in [1.54, 1.807) is 6.07 Å². The van der Waals surface area contributed by atoms with Crippen molar-refractivity contribution in [2.75, 3.05) is 7.11 Å². The van der Waals surface area contributed by atoms with Crippen molar-refractivity contribution in [3.8, 4) is 6.07 Å². The molecule has 0 atom stereocenters. The van der Waals surface area contributed by atoms with Gasteiger partial charge < -0.3 is 4.74 Å². The molecule has 14 heavy (non-hydrogen) atoms. The third-order valence-electron chi connectivity index (χ3n) is 0.816. The molecule has 0 rings (SSSR count). The summed E-state index contributed by atoms with van der Waals surface area (Å²) in [6, 6.07) is 1.69. The Labute approximate surface area is 81.9 Å². The van der Waals surface area contributed by atoms with E-state index in [4.69, 9.17) is 9.81 Å². The lowest BCUT2D eigenvalue weighted by atomic mass is 10.6. The summed E-state index contributed by atoms with van der Waals surface area (Å²) in [5, 5.41) is 7.51. The molecule has 0 aliphatic heterocycles. The molecule has 0 bridgehead atoms. The van der Waals surface area contributed by atoms with Gasteiger partial charge in [-0.3, -0.25) is 4.55 Å². The van der Waals surface area contributed by atoms with E-state index in [0.717, 1.165) is 7.11 Å². The summed E-state index contributed by atoms with van der Waals surface area (Å²) in [7, 11) is -3.50. The molecular formula is C7H9NO5S. The molecule has 0 unspecified atom stereocenters. The van der Waals surface area contributed by atoms with Crippen LogP contribution < -0.4 is 0 Å². The fourth-order valence-electron chi connectivity index (χ4n) is 0.219. The fraction of sp³-hybridized carbons (Fsp3) is 0.143. The summed E-state index contributed by atoms with van der Waals surface area (Å²) >= 11 is 0. The summed E-state index contributed by atoms with van der Waals surface area (Å²) < 4.78 is 32.3. The van der Waals surface area contributed by atoms with Crippen LogP contribution in [0.3, 0.4) is 0 Å². The minimum Gasteiger partial charge on any atom is -0.465 e. The van der Waals surface area contributed by atoms with E-state index in [9.17, 15) is 13.2 Å². The molecule has 0 amide bonds. The molecule has 0 spiro atoms. The number of carbonyl (C=O) groups excluding carboxylic acids is 1. The van der Waals surface area contributed by atoms with Gasteiger partial charge in [0.05, 0.1) is 13.2 Å². The summed E-state index contributed by atoms with van der Waals surface area (Å²) in [5.74, 6) is -1.16. The number of carbonyl (C=O) groups is 1. The number of nitrogens with zero attached hydrogens (tertiary/aromatic N) is 1. The highest BCUT2D eigenvalue weighted by atomic mass is 32.2. The predicted octanol–water partition coefficient (Wildman–Crippen LogP) is 0.257. The van der Waals surface area contributed by atoms with Crippen LogP contribution in [0.1, 0.15) is 0 Å². The zero-order valence-electron chi connectivity index (χ0n) is 7.43. The maximum absolute atomic E-state index is 10.3. The zero-order valence-corrected chi connectivity index (χ0v) is 8.24. The van der Waals surface area contributed by atoms with Crippen molar-refractivity contribution < 1.29 is 22.5 Å². The van der Waals surface area contributed by atoms with Gasteiger partial charge in [-0.2, -0.15) is 13.7 Å². The van der Waals surface area contributed by atoms with Crippen molar-refractivity contribution in [2.24, 2.45) is 0 Å². The van der Waals surface area contributed by atoms with Crippen LogP contribution >= 0.6 is 0 Å². The molecule has 78 valence electrons. The van der Waals surface area contributed by atoms with Gasteiger partial charge in [0.1, 0.15) is 0 Å². The quantitative estimate of drug-likeness (QED) is 0.309. The molecule has 0 saturated heterocycles. The van der Waals surface area contributed by atoms with Gasteiger partial charge in [-0.15, -0.1) is 0 Å². The van der Waals surface area contributed by atoms with E-state index in [-0.39, 0.29) is 0 Å². The highest BCUT2D eigenvalue weighted by Gasteiger charge is 2.19. The Kier molecular flexibility index (Phi) is 7.24. The highest BCUT2D eigenvalue weighted by molar-refractivity contribution is 7.90. The second-order valence-electron chi connectivity index (χ2n) is 1.72. The predicted molar refractivity (Wildman–Crippen MR) is 48.5 cm³/mol. The lowest BCUT2D eigenvalue weighted by Gasteiger charge is -1.96. The molecule has 0 aromatic rings. The number of esters is 1. The average molecular weight is 219 g/mol. The number of rotatable bonds is 2. The first-order valence-electron chi connectivity index (χ1n) is 3.06. The van der Waals surface area contributed by atoms with Crippen molar-refractivity contribution in [1.82, 2.24) is 0 Å². The number of hydrogen-bond acceptors (Lipinski definition) is 5. The molecule has 0 aliphatic rings. The minimum atomic E-state index is -4.48. The summed E-state index contributed by atoms with van der Waals surface area (Å²) in [6.45, 7) is 5.90. The topological polar surface area (TPSA) is 104 Å². The zero-order chi connectivity index (χ0) is 11.8. The van der Waals surface area contributed by atoms with Crippen LogP contribution in [0, 0.1) is 11.3 Å². The van der Waals surface area contributed by atoms with E-state index in [1.807, 2.05) is 0 Å². The largest absolute Gasteiger partial charge is 0.465 e. The Morgan fingerprint density at radius 2 is 2.00 bits per heavy atom. The summed E-state index contributed by atoms with van der Waals surface area (Å²) in [4.78, 5) is 9.33. The molecule has 0 aliphatic carbocycles. The van der Waals surface area contributed by atoms with Crippen molar-refractivity contribution in [1.29, 1.82) is 5.26 Å². The Hall–Kier alpha value is -1.65. The standard InChI is InChI=1S/C4H6O5S.C3H3N/c1-3(4(5)9-2)10(6,7)8;1-2-3-4/h1H2,2H3,(H,6,7,8);2H,1H2. The van der Waals surface area contributed by atoms with Gasteiger partial charge in [0, 0.05) is 6.08 Å². The summed E-state index contributed by atoms with van der Waals surface area (Å²) in [6.07, 6.45) is 1.18. The van der Waals surface area contributed by atoms with Gasteiger partial charge in [0.15, 0.2) is 4.91 Å². The molecular weight excluding hydrogens is 210 g/mol. The van der Waals surface area contributed by atoms with Crippen LogP contribution in [0.4, 0.5) is 0 Å². The van der Waals surface area contributed by atoms with Crippen molar-refractivity contribution in [2.45, 2.75) is 0 Å². The first-order valence-corrected chi connectivity index (χ1v) is 4.50. The SMILES string of the molecule is C=C(C(=O)OC)S(=O)(=O)O.C=CC#N. The molecule has 0 fully saturated rings. The minimum absolute atomic E-state index is 0.963. The number of allylic oxidation sites excluding steroid dienone is 1. The first-order chi connectivity index (χ1) is 6.31. The van der Waals surface area contributed by atoms with Gasteiger partial charge in [-0.25, -0.2) is 4.79 Å². The van der Waals surface area contributed by atoms with Gasteiger partial charge in [0.2, 0.25) is 0 Å². The number of methoxy groups -OCH3 is 1. The normalized spacial score (nSPS) is 8.64. The monoisotopic (exact) mass is 219 g/mol. The van der Waals surface area contributed by atoms with E-state index in [1.165, 1.54) is 6.08 Å². The van der Waals surface area contributed by atoms with E-state index in [0.29, 0.717) is 0 Å². The maximum atomic E-state index is 10.3. The molecule has 0 aromatic heterocycles. The fourth-order valence-corrected chi connectivity index (χ4v) is 0.513. The van der Waals surface area contributed by atoms with Crippen LogP contribution in [-0.4, -0.2) is 26.0 Å². The van der Waals surface area contributed by atoms with E-state index < -0.39 is 21.0 Å². The third kappa shape index (κ3) is 7.02. The molecule has 0 heterocycles. The molecule has 6 nitrogen and oxygen atoms in total. The molecule has 7 heteroatoms. The average Bonchev–Trinajstić information content (AvgIpc) is 2.14. The highest BCUT2D eigenvalue weighted by Crippen LogP contribution is 2.01. The lowest BCUT2D eigenvalue weighted by molar-refractivity contribution is -0.135. The van der Waals surface area contributed by atoms with Crippen molar-refractivity contribution in [3.05, 3.63) is 24.1 Å². The smallest absolute Gasteiger partial charge is 0.351 e. The van der Waals surface area contributed by atoms with Crippen LogP contribution in [0.15, 0.2) is 24.1 Å². The number of ether oxygens (including phenoxy) is 1. The number of nitriles is 1. The van der Waals surface area contributed by atoms with Crippen molar-refractivity contribution >= 4 is 16.1 Å². The van der Waals surface area contributed by atoms with Crippen LogP contribution in [0.25, 0.3) is 0 Å². The molecule has 1 N–H and O–H groups in total. The van der Waals surface area contributed by atoms with Gasteiger partial charge in [-0.05, 0) is 0 Å². The van der Waals surface area contributed by atoms with Gasteiger partial charge >= 0.3 is 16.1 Å². The second kappa shape index (κ2) is 6.82. The van der Waals surface area contributed by atoms with Gasteiger partial charge in [-0.1, -0.05) is 13.2 Å². The summed E-state index contributed by atoms with van der Waals surface area (Å²) in [5.41, 5.74) is 0. The Balaban J connectivity index is 0. The van der Waals surface area contributed by atoms with E-state index >= 15 is 0 Å². The Morgan fingerprint density at radius 3 is 2.07 bits per heavy atom. The van der Waals surface area contributed by atoms with Crippen molar-refractivity contribution in [3.63, 3.8) is 0 Å². The number of hydrogen-bond donors (Lipinski definition) is 1. The maximum Gasteiger partial charge on any atom is 0.351 e. The first kappa shape index (κ1) is 14.9.